The number of carboxylic acids is 1. The first-order chi connectivity index (χ1) is 27.8. The lowest BCUT2D eigenvalue weighted by molar-refractivity contribution is -0.142. The minimum Gasteiger partial charge on any atom is -0.494 e. The van der Waals surface area contributed by atoms with E-state index in [4.69, 9.17) is 19.3 Å². The van der Waals surface area contributed by atoms with E-state index in [9.17, 15) is 9.59 Å². The van der Waals surface area contributed by atoms with Gasteiger partial charge in [0.2, 0.25) is 29.6 Å². The summed E-state index contributed by atoms with van der Waals surface area (Å²) in [5.41, 5.74) is 2.51. The van der Waals surface area contributed by atoms with E-state index in [1.54, 1.807) is 23.5 Å². The Bertz CT molecular complexity index is 1800. The number of benzene rings is 2. The van der Waals surface area contributed by atoms with Crippen molar-refractivity contribution in [3.63, 3.8) is 0 Å². The number of carbonyl (C=O) groups is 2. The van der Waals surface area contributed by atoms with Crippen LogP contribution in [0.1, 0.15) is 80.2 Å². The molecule has 0 spiro atoms. The summed E-state index contributed by atoms with van der Waals surface area (Å²) >= 11 is 0. The van der Waals surface area contributed by atoms with Crippen LogP contribution in [0.4, 0.5) is 11.9 Å². The summed E-state index contributed by atoms with van der Waals surface area (Å²) < 4.78 is 20.8. The molecule has 0 unspecified atom stereocenters. The van der Waals surface area contributed by atoms with Crippen molar-refractivity contribution in [1.29, 1.82) is 0 Å². The molecule has 0 bridgehead atoms. The number of ether oxygens (including phenoxy) is 3. The summed E-state index contributed by atoms with van der Waals surface area (Å²) in [6.07, 6.45) is 9.40. The number of aromatic nitrogens is 6. The average Bonchev–Trinajstić information content (AvgIpc) is 3.77. The maximum atomic E-state index is 12.7. The van der Waals surface area contributed by atoms with Gasteiger partial charge in [-0.1, -0.05) is 37.1 Å². The first-order valence-corrected chi connectivity index (χ1v) is 20.1. The molecule has 0 saturated carbocycles. The number of rotatable bonds is 21. The monoisotopic (exact) mass is 784 g/mol. The molecule has 2 fully saturated rings. The van der Waals surface area contributed by atoms with E-state index in [1.165, 1.54) is 49.7 Å². The third kappa shape index (κ3) is 13.0. The maximum absolute atomic E-state index is 12.7. The van der Waals surface area contributed by atoms with Crippen molar-refractivity contribution in [2.75, 3.05) is 63.1 Å². The second kappa shape index (κ2) is 21.2. The number of aliphatic carboxylic acids is 1. The standard InChI is InChI=1S/C41H56N10O6/c1-48-40(42-19-11-25-55-33-15-9-13-31(27-33)29-50-21-5-3-6-22-50)44-38(46-48)37(57-36(54)18-17-35(52)53)39-45-41(49(2)47-39)43-20-12-26-56-34-16-10-14-32(28-34)30-51-23-7-4-8-24-51/h9-10,13-18,27-28,37H,3-8,11-12,19-26,29-30H2,1-2H3,(H,52,53)(H,42,44,46)(H,43,45,47)/b18-17+. The summed E-state index contributed by atoms with van der Waals surface area (Å²) in [5, 5.41) is 24.6. The first-order valence-electron chi connectivity index (χ1n) is 20.1. The molecule has 16 nitrogen and oxygen atoms in total. The van der Waals surface area contributed by atoms with Crippen molar-refractivity contribution in [2.45, 2.75) is 70.6 Å². The lowest BCUT2D eigenvalue weighted by Gasteiger charge is -2.26. The fourth-order valence-corrected chi connectivity index (χ4v) is 7.00. The van der Waals surface area contributed by atoms with E-state index in [2.05, 4.69) is 64.9 Å². The molecule has 6 rings (SSSR count). The minimum absolute atomic E-state index is 0.131. The third-order valence-corrected chi connectivity index (χ3v) is 9.88. The lowest BCUT2D eigenvalue weighted by Crippen LogP contribution is -2.29. The minimum atomic E-state index is -1.28. The molecule has 2 aliphatic heterocycles. The van der Waals surface area contributed by atoms with Gasteiger partial charge in [-0.3, -0.25) is 9.80 Å². The molecular weight excluding hydrogens is 729 g/mol. The molecule has 2 aromatic heterocycles. The van der Waals surface area contributed by atoms with Crippen molar-refractivity contribution in [3.8, 4) is 11.5 Å². The fraction of sp³-hybridized carbons (Fsp3) is 0.512. The maximum Gasteiger partial charge on any atom is 0.332 e. The Morgan fingerprint density at radius 2 is 1.19 bits per heavy atom. The van der Waals surface area contributed by atoms with Crippen LogP contribution in [0.15, 0.2) is 60.7 Å². The van der Waals surface area contributed by atoms with E-state index in [-0.39, 0.29) is 11.6 Å². The number of carbonyl (C=O) groups excluding carboxylic acids is 1. The Balaban J connectivity index is 1.00. The van der Waals surface area contributed by atoms with Gasteiger partial charge in [0, 0.05) is 52.4 Å². The van der Waals surface area contributed by atoms with E-state index in [0.29, 0.717) is 57.1 Å². The van der Waals surface area contributed by atoms with Crippen LogP contribution in [0.5, 0.6) is 11.5 Å². The van der Waals surface area contributed by atoms with Gasteiger partial charge >= 0.3 is 11.9 Å². The molecule has 0 amide bonds. The Kier molecular flexibility index (Phi) is 15.3. The largest absolute Gasteiger partial charge is 0.494 e. The molecule has 3 N–H and O–H groups in total. The summed E-state index contributed by atoms with van der Waals surface area (Å²) in [4.78, 5) is 37.9. The smallest absolute Gasteiger partial charge is 0.332 e. The highest BCUT2D eigenvalue weighted by molar-refractivity contribution is 5.90. The Labute approximate surface area is 334 Å². The number of hydrogen-bond donors (Lipinski definition) is 3. The fourth-order valence-electron chi connectivity index (χ4n) is 7.00. The molecule has 16 heteroatoms. The van der Waals surface area contributed by atoms with E-state index in [0.717, 1.165) is 56.8 Å². The molecule has 0 atom stereocenters. The molecule has 4 aromatic rings. The van der Waals surface area contributed by atoms with Gasteiger partial charge in [0.25, 0.3) is 0 Å². The van der Waals surface area contributed by atoms with E-state index in [1.807, 2.05) is 24.3 Å². The number of hydrogen-bond acceptors (Lipinski definition) is 13. The number of nitrogens with one attached hydrogen (secondary N) is 2. The normalized spacial score (nSPS) is 15.2. The van der Waals surface area contributed by atoms with Gasteiger partial charge in [-0.15, -0.1) is 0 Å². The predicted octanol–water partition coefficient (Wildman–Crippen LogP) is 4.95. The highest BCUT2D eigenvalue weighted by Gasteiger charge is 2.29. The molecule has 57 heavy (non-hydrogen) atoms. The van der Waals surface area contributed by atoms with Crippen LogP contribution in [0.2, 0.25) is 0 Å². The van der Waals surface area contributed by atoms with Gasteiger partial charge < -0.3 is 30.0 Å². The molecule has 4 heterocycles. The Morgan fingerprint density at radius 1 is 0.719 bits per heavy atom. The van der Waals surface area contributed by atoms with Gasteiger partial charge in [0.05, 0.1) is 13.2 Å². The molecule has 2 aliphatic rings. The third-order valence-electron chi connectivity index (χ3n) is 9.88. The van der Waals surface area contributed by atoms with Crippen molar-refractivity contribution >= 4 is 23.8 Å². The van der Waals surface area contributed by atoms with Gasteiger partial charge in [-0.2, -0.15) is 20.2 Å². The number of likely N-dealkylation sites (tertiary alicyclic amines) is 2. The summed E-state index contributed by atoms with van der Waals surface area (Å²) in [5.74, 6) is 0.669. The topological polar surface area (TPSA) is 174 Å². The molecule has 2 aromatic carbocycles. The van der Waals surface area contributed by atoms with Crippen molar-refractivity contribution < 1.29 is 28.9 Å². The van der Waals surface area contributed by atoms with E-state index >= 15 is 0 Å². The van der Waals surface area contributed by atoms with Crippen molar-refractivity contribution in [1.82, 2.24) is 39.3 Å². The molecule has 306 valence electrons. The second-order valence-electron chi connectivity index (χ2n) is 14.5. The van der Waals surface area contributed by atoms with Crippen LogP contribution < -0.4 is 20.1 Å². The summed E-state index contributed by atoms with van der Waals surface area (Å²) in [6, 6.07) is 16.6. The number of carboxylic acid groups (broad SMARTS) is 1. The van der Waals surface area contributed by atoms with Crippen LogP contribution in [0.3, 0.4) is 0 Å². The van der Waals surface area contributed by atoms with Crippen LogP contribution in [0.25, 0.3) is 0 Å². The highest BCUT2D eigenvalue weighted by Crippen LogP contribution is 2.25. The van der Waals surface area contributed by atoms with Crippen LogP contribution in [-0.2, 0) is 41.5 Å². The lowest BCUT2D eigenvalue weighted by atomic mass is 10.1. The average molecular weight is 785 g/mol. The zero-order valence-electron chi connectivity index (χ0n) is 33.1. The van der Waals surface area contributed by atoms with Crippen LogP contribution in [0, 0.1) is 0 Å². The zero-order chi connectivity index (χ0) is 39.8. The van der Waals surface area contributed by atoms with Gasteiger partial charge in [-0.05, 0) is 100 Å². The molecule has 0 aliphatic carbocycles. The van der Waals surface area contributed by atoms with E-state index < -0.39 is 18.0 Å². The number of aryl methyl sites for hydroxylation is 2. The SMILES string of the molecule is Cn1nc(C(OC(=O)/C=C/C(=O)O)c2nc(NCCCOc3cccc(CN4CCCCC4)c3)n(C)n2)nc1NCCCOc1cccc(CN2CCCCC2)c1. The molecule has 0 radical (unpaired) electrons. The van der Waals surface area contributed by atoms with Crippen molar-refractivity contribution in [3.05, 3.63) is 83.5 Å². The van der Waals surface area contributed by atoms with Gasteiger partial charge in [-0.25, -0.2) is 19.0 Å². The first kappa shape index (κ1) is 41.2. The Hall–Kier alpha value is -5.48. The zero-order valence-corrected chi connectivity index (χ0v) is 33.1. The number of nitrogens with zero attached hydrogens (tertiary/aromatic N) is 8. The summed E-state index contributed by atoms with van der Waals surface area (Å²) in [6.45, 7) is 8.58. The quantitative estimate of drug-likeness (QED) is 0.0588. The second-order valence-corrected chi connectivity index (χ2v) is 14.5. The van der Waals surface area contributed by atoms with Crippen molar-refractivity contribution in [2.24, 2.45) is 14.1 Å². The number of esters is 1. The number of anilines is 2. The van der Waals surface area contributed by atoms with Gasteiger partial charge in [0.15, 0.2) is 0 Å². The Morgan fingerprint density at radius 3 is 1.65 bits per heavy atom. The molecule has 2 saturated heterocycles. The summed E-state index contributed by atoms with van der Waals surface area (Å²) in [7, 11) is 3.44. The van der Waals surface area contributed by atoms with Gasteiger partial charge in [0.1, 0.15) is 11.5 Å². The van der Waals surface area contributed by atoms with Crippen LogP contribution in [-0.4, -0.2) is 109 Å². The predicted molar refractivity (Wildman–Crippen MR) is 215 cm³/mol. The molecular formula is C41H56N10O6. The van der Waals surface area contributed by atoms with Crippen LogP contribution >= 0.6 is 0 Å². The number of piperidine rings is 2. The highest BCUT2D eigenvalue weighted by atomic mass is 16.5.